The summed E-state index contributed by atoms with van der Waals surface area (Å²) in [5.41, 5.74) is 2.56. The van der Waals surface area contributed by atoms with Crippen molar-refractivity contribution in [1.29, 1.82) is 0 Å². The van der Waals surface area contributed by atoms with Crippen LogP contribution >= 0.6 is 0 Å². The molecule has 2 nitrogen and oxygen atoms in total. The quantitative estimate of drug-likeness (QED) is 0.867. The number of benzene rings is 1. The van der Waals surface area contributed by atoms with Gasteiger partial charge in [0.15, 0.2) is 0 Å². The zero-order valence-corrected chi connectivity index (χ0v) is 11.7. The minimum absolute atomic E-state index is 0.120. The first-order chi connectivity index (χ1) is 7.84. The van der Waals surface area contributed by atoms with E-state index in [1.54, 1.807) is 0 Å². The lowest BCUT2D eigenvalue weighted by atomic mass is 9.87. The first kappa shape index (κ1) is 14.2. The lowest BCUT2D eigenvalue weighted by Crippen LogP contribution is -2.38. The average molecular weight is 235 g/mol. The van der Waals surface area contributed by atoms with Gasteiger partial charge in [-0.1, -0.05) is 45.0 Å². The molecule has 0 bridgehead atoms. The van der Waals surface area contributed by atoms with Crippen LogP contribution in [0.1, 0.15) is 38.8 Å². The molecule has 96 valence electrons. The molecule has 0 spiro atoms. The van der Waals surface area contributed by atoms with Crippen molar-refractivity contribution in [2.75, 3.05) is 7.05 Å². The van der Waals surface area contributed by atoms with E-state index in [4.69, 9.17) is 5.11 Å². The molecule has 1 aromatic rings. The Morgan fingerprint density at radius 2 is 1.59 bits per heavy atom. The van der Waals surface area contributed by atoms with Gasteiger partial charge in [0, 0.05) is 12.6 Å². The second-order valence-electron chi connectivity index (χ2n) is 5.93. The highest BCUT2D eigenvalue weighted by atomic mass is 16.3. The Bertz CT molecular complexity index is 337. The van der Waals surface area contributed by atoms with E-state index in [0.717, 1.165) is 12.1 Å². The van der Waals surface area contributed by atoms with Crippen LogP contribution in [0.15, 0.2) is 24.3 Å². The minimum atomic E-state index is 0.120. The molecule has 1 unspecified atom stereocenters. The Morgan fingerprint density at radius 1 is 1.12 bits per heavy atom. The summed E-state index contributed by atoms with van der Waals surface area (Å²) in [6.07, 6.45) is 0. The van der Waals surface area contributed by atoms with E-state index in [-0.39, 0.29) is 6.61 Å². The molecule has 17 heavy (non-hydrogen) atoms. The number of nitrogens with zero attached hydrogens (tertiary/aromatic N) is 1. The van der Waals surface area contributed by atoms with E-state index < -0.39 is 0 Å². The largest absolute Gasteiger partial charge is 0.392 e. The van der Waals surface area contributed by atoms with Gasteiger partial charge >= 0.3 is 0 Å². The molecule has 0 amide bonds. The van der Waals surface area contributed by atoms with Crippen LogP contribution < -0.4 is 0 Å². The fourth-order valence-electron chi connectivity index (χ4n) is 1.84. The highest BCUT2D eigenvalue weighted by Gasteiger charge is 2.23. The summed E-state index contributed by atoms with van der Waals surface area (Å²) in [5, 5.41) is 8.99. The molecule has 2 heteroatoms. The van der Waals surface area contributed by atoms with E-state index in [2.05, 4.69) is 51.8 Å². The SMILES string of the molecule is CC(N(C)Cc1ccc(CO)cc1)C(C)(C)C. The zero-order chi connectivity index (χ0) is 13.1. The minimum Gasteiger partial charge on any atom is -0.392 e. The maximum absolute atomic E-state index is 8.99. The van der Waals surface area contributed by atoms with Crippen LogP contribution in [0.2, 0.25) is 0 Å². The van der Waals surface area contributed by atoms with Gasteiger partial charge in [-0.3, -0.25) is 4.90 Å². The van der Waals surface area contributed by atoms with Crippen LogP contribution in [-0.4, -0.2) is 23.1 Å². The molecule has 0 aliphatic heterocycles. The average Bonchev–Trinajstić information content (AvgIpc) is 2.27. The van der Waals surface area contributed by atoms with E-state index in [9.17, 15) is 0 Å². The molecule has 0 saturated heterocycles. The zero-order valence-electron chi connectivity index (χ0n) is 11.7. The van der Waals surface area contributed by atoms with E-state index >= 15 is 0 Å². The van der Waals surface area contributed by atoms with Crippen molar-refractivity contribution in [2.24, 2.45) is 5.41 Å². The molecule has 1 N–H and O–H groups in total. The maximum Gasteiger partial charge on any atom is 0.0681 e. The van der Waals surface area contributed by atoms with Gasteiger partial charge in [0.05, 0.1) is 6.61 Å². The number of rotatable bonds is 4. The molecular formula is C15H25NO. The summed E-state index contributed by atoms with van der Waals surface area (Å²) in [4.78, 5) is 2.37. The van der Waals surface area contributed by atoms with Crippen molar-refractivity contribution in [3.8, 4) is 0 Å². The lowest BCUT2D eigenvalue weighted by Gasteiger charge is -2.35. The van der Waals surface area contributed by atoms with Crippen LogP contribution in [0.25, 0.3) is 0 Å². The van der Waals surface area contributed by atoms with Crippen molar-refractivity contribution in [1.82, 2.24) is 4.90 Å². The standard InChI is InChI=1S/C15H25NO/c1-12(15(2,3)4)16(5)10-13-6-8-14(11-17)9-7-13/h6-9,12,17H,10-11H2,1-5H3. The van der Waals surface area contributed by atoms with Gasteiger partial charge in [0.1, 0.15) is 0 Å². The number of hydrogen-bond acceptors (Lipinski definition) is 2. The summed E-state index contributed by atoms with van der Waals surface area (Å²) in [5.74, 6) is 0. The van der Waals surface area contributed by atoms with Crippen molar-refractivity contribution < 1.29 is 5.11 Å². The summed E-state index contributed by atoms with van der Waals surface area (Å²) in [6, 6.07) is 8.70. The Kier molecular flexibility index (Phi) is 4.72. The molecule has 0 aliphatic rings. The Balaban J connectivity index is 2.64. The third kappa shape index (κ3) is 4.14. The van der Waals surface area contributed by atoms with Gasteiger partial charge in [-0.05, 0) is 30.5 Å². The van der Waals surface area contributed by atoms with Crippen LogP contribution in [0, 0.1) is 5.41 Å². The monoisotopic (exact) mass is 235 g/mol. The van der Waals surface area contributed by atoms with Crippen molar-refractivity contribution in [3.63, 3.8) is 0 Å². The lowest BCUT2D eigenvalue weighted by molar-refractivity contribution is 0.134. The van der Waals surface area contributed by atoms with Gasteiger partial charge in [-0.25, -0.2) is 0 Å². The summed E-state index contributed by atoms with van der Waals surface area (Å²) in [6.45, 7) is 10.1. The first-order valence-electron chi connectivity index (χ1n) is 6.23. The number of aliphatic hydroxyl groups excluding tert-OH is 1. The molecule has 0 heterocycles. The molecule has 0 saturated carbocycles. The highest BCUT2D eigenvalue weighted by molar-refractivity contribution is 5.21. The third-order valence-electron chi connectivity index (χ3n) is 3.55. The van der Waals surface area contributed by atoms with E-state index in [1.807, 2.05) is 12.1 Å². The van der Waals surface area contributed by atoms with Crippen LogP contribution in [0.3, 0.4) is 0 Å². The van der Waals surface area contributed by atoms with Crippen LogP contribution in [-0.2, 0) is 13.2 Å². The van der Waals surface area contributed by atoms with Gasteiger partial charge in [-0.2, -0.15) is 0 Å². The van der Waals surface area contributed by atoms with Gasteiger partial charge in [-0.15, -0.1) is 0 Å². The highest BCUT2D eigenvalue weighted by Crippen LogP contribution is 2.24. The Labute approximate surface area is 105 Å². The van der Waals surface area contributed by atoms with Gasteiger partial charge in [0.2, 0.25) is 0 Å². The smallest absolute Gasteiger partial charge is 0.0681 e. The molecule has 0 aliphatic carbocycles. The van der Waals surface area contributed by atoms with E-state index in [0.29, 0.717) is 11.5 Å². The van der Waals surface area contributed by atoms with Crippen molar-refractivity contribution in [3.05, 3.63) is 35.4 Å². The molecule has 0 radical (unpaired) electrons. The Morgan fingerprint density at radius 3 is 2.00 bits per heavy atom. The van der Waals surface area contributed by atoms with Crippen molar-refractivity contribution in [2.45, 2.75) is 46.9 Å². The van der Waals surface area contributed by atoms with Gasteiger partial charge in [0.25, 0.3) is 0 Å². The molecule has 0 aromatic heterocycles. The van der Waals surface area contributed by atoms with Gasteiger partial charge < -0.3 is 5.11 Å². The van der Waals surface area contributed by atoms with Crippen LogP contribution in [0.5, 0.6) is 0 Å². The maximum atomic E-state index is 8.99. The Hall–Kier alpha value is -0.860. The molecule has 0 fully saturated rings. The predicted octanol–water partition coefficient (Wildman–Crippen LogP) is 3.05. The molecule has 1 atom stereocenters. The normalized spacial score (nSPS) is 14.1. The van der Waals surface area contributed by atoms with E-state index in [1.165, 1.54) is 5.56 Å². The predicted molar refractivity (Wildman–Crippen MR) is 72.7 cm³/mol. The first-order valence-corrected chi connectivity index (χ1v) is 6.23. The summed E-state index contributed by atoms with van der Waals surface area (Å²) >= 11 is 0. The topological polar surface area (TPSA) is 23.5 Å². The third-order valence-corrected chi connectivity index (χ3v) is 3.55. The number of aliphatic hydroxyl groups is 1. The molecule has 1 aromatic carbocycles. The van der Waals surface area contributed by atoms with Crippen LogP contribution in [0.4, 0.5) is 0 Å². The summed E-state index contributed by atoms with van der Waals surface area (Å²) in [7, 11) is 2.16. The number of hydrogen-bond donors (Lipinski definition) is 1. The molecular weight excluding hydrogens is 210 g/mol. The second-order valence-corrected chi connectivity index (χ2v) is 5.93. The fraction of sp³-hybridized carbons (Fsp3) is 0.600. The fourth-order valence-corrected chi connectivity index (χ4v) is 1.84. The van der Waals surface area contributed by atoms with Crippen molar-refractivity contribution >= 4 is 0 Å². The second kappa shape index (κ2) is 5.65. The molecule has 1 rings (SSSR count). The summed E-state index contributed by atoms with van der Waals surface area (Å²) < 4.78 is 0.